The summed E-state index contributed by atoms with van der Waals surface area (Å²) in [6.07, 6.45) is 3.88. The molecule has 0 saturated heterocycles. The van der Waals surface area contributed by atoms with Crippen LogP contribution >= 0.6 is 11.6 Å². The minimum Gasteiger partial charge on any atom is -0.369 e. The molecule has 0 bridgehead atoms. The molecule has 3 nitrogen and oxygen atoms in total. The summed E-state index contributed by atoms with van der Waals surface area (Å²) < 4.78 is 0. The summed E-state index contributed by atoms with van der Waals surface area (Å²) in [4.78, 5) is 8.34. The lowest BCUT2D eigenvalue weighted by molar-refractivity contribution is 0.518. The molecule has 0 amide bonds. The number of hydrogen-bond donors (Lipinski definition) is 1. The van der Waals surface area contributed by atoms with Crippen molar-refractivity contribution in [1.82, 2.24) is 9.97 Å². The first-order valence-corrected chi connectivity index (χ1v) is 6.72. The van der Waals surface area contributed by atoms with Crippen LogP contribution in [0.1, 0.15) is 52.0 Å². The number of halogens is 1. The molecule has 1 rings (SSSR count). The van der Waals surface area contributed by atoms with Gasteiger partial charge in [0.2, 0.25) is 0 Å². The Labute approximate surface area is 109 Å². The smallest absolute Gasteiger partial charge is 0.138 e. The fourth-order valence-electron chi connectivity index (χ4n) is 1.84. The second-order valence-corrected chi connectivity index (χ2v) is 5.00. The zero-order chi connectivity index (χ0) is 12.8. The van der Waals surface area contributed by atoms with E-state index in [0.29, 0.717) is 17.0 Å². The molecule has 0 fully saturated rings. The van der Waals surface area contributed by atoms with Crippen LogP contribution in [-0.4, -0.2) is 16.5 Å². The minimum absolute atomic E-state index is 0.327. The maximum absolute atomic E-state index is 6.12. The average molecular weight is 256 g/mol. The lowest BCUT2D eigenvalue weighted by atomic mass is 10.0. The van der Waals surface area contributed by atoms with E-state index in [1.807, 2.05) is 0 Å². The van der Waals surface area contributed by atoms with Gasteiger partial charge in [-0.2, -0.15) is 0 Å². The lowest BCUT2D eigenvalue weighted by Crippen LogP contribution is -2.15. The van der Waals surface area contributed by atoms with E-state index in [1.54, 1.807) is 0 Å². The largest absolute Gasteiger partial charge is 0.369 e. The molecule has 0 aliphatic rings. The number of nitrogens with one attached hydrogen (secondary N) is 1. The predicted octanol–water partition coefficient (Wildman–Crippen LogP) is 4.10. The lowest BCUT2D eigenvalue weighted by Gasteiger charge is -2.17. The van der Waals surface area contributed by atoms with Crippen LogP contribution < -0.4 is 5.32 Å². The summed E-state index contributed by atoms with van der Waals surface area (Å²) in [6.45, 7) is 9.58. The highest BCUT2D eigenvalue weighted by Gasteiger charge is 2.14. The summed E-state index contributed by atoms with van der Waals surface area (Å²) >= 11 is 6.12. The maximum atomic E-state index is 6.12. The second kappa shape index (κ2) is 6.80. The van der Waals surface area contributed by atoms with Crippen LogP contribution in [0.2, 0.25) is 5.15 Å². The van der Waals surface area contributed by atoms with Crippen LogP contribution in [0.4, 0.5) is 5.82 Å². The van der Waals surface area contributed by atoms with Gasteiger partial charge < -0.3 is 5.32 Å². The van der Waals surface area contributed by atoms with Crippen molar-refractivity contribution in [3.8, 4) is 0 Å². The molecule has 0 aliphatic heterocycles. The molecule has 1 aromatic heterocycles. The van der Waals surface area contributed by atoms with E-state index in [-0.39, 0.29) is 0 Å². The Balaban J connectivity index is 2.80. The fourth-order valence-corrected chi connectivity index (χ4v) is 2.20. The van der Waals surface area contributed by atoms with E-state index in [9.17, 15) is 0 Å². The molecule has 1 heterocycles. The Morgan fingerprint density at radius 3 is 2.41 bits per heavy atom. The van der Waals surface area contributed by atoms with Crippen LogP contribution in [0.3, 0.4) is 0 Å². The third-order valence-electron chi connectivity index (χ3n) is 3.13. The number of anilines is 1. The van der Waals surface area contributed by atoms with Gasteiger partial charge in [0.25, 0.3) is 0 Å². The molecule has 0 radical (unpaired) electrons. The highest BCUT2D eigenvalue weighted by Crippen LogP contribution is 2.28. The zero-order valence-corrected chi connectivity index (χ0v) is 11.9. The SMILES string of the molecule is CCC(CC)CNc1ncnc(Cl)c1C(C)C. The van der Waals surface area contributed by atoms with Crippen LogP contribution in [0, 0.1) is 5.92 Å². The molecule has 1 aromatic rings. The van der Waals surface area contributed by atoms with Crippen molar-refractivity contribution in [3.63, 3.8) is 0 Å². The predicted molar refractivity (Wildman–Crippen MR) is 73.7 cm³/mol. The van der Waals surface area contributed by atoms with E-state index >= 15 is 0 Å². The van der Waals surface area contributed by atoms with Gasteiger partial charge >= 0.3 is 0 Å². The standard InChI is InChI=1S/C13H22ClN3/c1-5-10(6-2)7-15-13-11(9(3)4)12(14)16-8-17-13/h8-10H,5-7H2,1-4H3,(H,15,16,17). The first-order valence-electron chi connectivity index (χ1n) is 6.34. The Kier molecular flexibility index (Phi) is 5.69. The van der Waals surface area contributed by atoms with Crippen molar-refractivity contribution in [2.75, 3.05) is 11.9 Å². The highest BCUT2D eigenvalue weighted by molar-refractivity contribution is 6.30. The second-order valence-electron chi connectivity index (χ2n) is 4.64. The van der Waals surface area contributed by atoms with Gasteiger partial charge in [-0.1, -0.05) is 52.1 Å². The quantitative estimate of drug-likeness (QED) is 0.778. The Morgan fingerprint density at radius 2 is 1.88 bits per heavy atom. The van der Waals surface area contributed by atoms with E-state index in [1.165, 1.54) is 19.2 Å². The Bertz CT molecular complexity index is 349. The number of aromatic nitrogens is 2. The first-order chi connectivity index (χ1) is 8.10. The number of rotatable bonds is 6. The normalized spacial score (nSPS) is 11.2. The summed E-state index contributed by atoms with van der Waals surface area (Å²) in [5.41, 5.74) is 1.01. The monoisotopic (exact) mass is 255 g/mol. The summed E-state index contributed by atoms with van der Waals surface area (Å²) in [6, 6.07) is 0. The van der Waals surface area contributed by atoms with E-state index in [4.69, 9.17) is 11.6 Å². The minimum atomic E-state index is 0.327. The van der Waals surface area contributed by atoms with Crippen molar-refractivity contribution >= 4 is 17.4 Å². The van der Waals surface area contributed by atoms with Gasteiger partial charge in [0.15, 0.2) is 0 Å². The molecule has 1 N–H and O–H groups in total. The zero-order valence-electron chi connectivity index (χ0n) is 11.1. The van der Waals surface area contributed by atoms with Crippen molar-refractivity contribution in [2.24, 2.45) is 5.92 Å². The molecule has 0 saturated carbocycles. The third kappa shape index (κ3) is 3.84. The van der Waals surface area contributed by atoms with Crippen molar-refractivity contribution in [3.05, 3.63) is 17.0 Å². The van der Waals surface area contributed by atoms with Gasteiger partial charge in [-0.05, 0) is 11.8 Å². The molecule has 0 spiro atoms. The van der Waals surface area contributed by atoms with Gasteiger partial charge in [0.05, 0.1) is 0 Å². The number of hydrogen-bond acceptors (Lipinski definition) is 3. The van der Waals surface area contributed by atoms with Gasteiger partial charge in [-0.15, -0.1) is 0 Å². The molecule has 17 heavy (non-hydrogen) atoms. The maximum Gasteiger partial charge on any atom is 0.138 e. The average Bonchev–Trinajstić information content (AvgIpc) is 2.29. The Hall–Kier alpha value is -0.830. The topological polar surface area (TPSA) is 37.8 Å². The molecular weight excluding hydrogens is 234 g/mol. The van der Waals surface area contributed by atoms with Crippen molar-refractivity contribution in [2.45, 2.75) is 46.5 Å². The van der Waals surface area contributed by atoms with Crippen LogP contribution in [0.15, 0.2) is 6.33 Å². The first kappa shape index (κ1) is 14.2. The molecule has 4 heteroatoms. The highest BCUT2D eigenvalue weighted by atomic mass is 35.5. The molecule has 0 atom stereocenters. The number of nitrogens with zero attached hydrogens (tertiary/aromatic N) is 2. The van der Waals surface area contributed by atoms with E-state index < -0.39 is 0 Å². The van der Waals surface area contributed by atoms with E-state index in [0.717, 1.165) is 17.9 Å². The van der Waals surface area contributed by atoms with Gasteiger partial charge in [-0.25, -0.2) is 9.97 Å². The van der Waals surface area contributed by atoms with Crippen LogP contribution in [0.5, 0.6) is 0 Å². The third-order valence-corrected chi connectivity index (χ3v) is 3.43. The Morgan fingerprint density at radius 1 is 1.24 bits per heavy atom. The molecule has 0 aromatic carbocycles. The van der Waals surface area contributed by atoms with Gasteiger partial charge in [0, 0.05) is 12.1 Å². The van der Waals surface area contributed by atoms with Gasteiger partial charge in [0.1, 0.15) is 17.3 Å². The molecule has 96 valence electrons. The summed E-state index contributed by atoms with van der Waals surface area (Å²) in [5, 5.41) is 3.96. The summed E-state index contributed by atoms with van der Waals surface area (Å²) in [7, 11) is 0. The van der Waals surface area contributed by atoms with Crippen LogP contribution in [0.25, 0.3) is 0 Å². The van der Waals surface area contributed by atoms with Gasteiger partial charge in [-0.3, -0.25) is 0 Å². The van der Waals surface area contributed by atoms with Crippen molar-refractivity contribution in [1.29, 1.82) is 0 Å². The van der Waals surface area contributed by atoms with Crippen LogP contribution in [-0.2, 0) is 0 Å². The molecule has 0 unspecified atom stereocenters. The molecular formula is C13H22ClN3. The summed E-state index contributed by atoms with van der Waals surface area (Å²) in [5.74, 6) is 1.89. The van der Waals surface area contributed by atoms with E-state index in [2.05, 4.69) is 43.0 Å². The van der Waals surface area contributed by atoms with Crippen molar-refractivity contribution < 1.29 is 0 Å². The fraction of sp³-hybridized carbons (Fsp3) is 0.692. The molecule has 0 aliphatic carbocycles.